The van der Waals surface area contributed by atoms with Gasteiger partial charge in [-0.15, -0.1) is 0 Å². The fraction of sp³-hybridized carbons (Fsp3) is 0.143. The number of hydrogen-bond donors (Lipinski definition) is 1. The van der Waals surface area contributed by atoms with Crippen molar-refractivity contribution in [1.82, 2.24) is 0 Å². The van der Waals surface area contributed by atoms with Gasteiger partial charge in [-0.25, -0.2) is 8.42 Å². The van der Waals surface area contributed by atoms with Crippen LogP contribution in [0.3, 0.4) is 0 Å². The number of sulfonamides is 1. The highest BCUT2D eigenvalue weighted by molar-refractivity contribution is 9.10. The van der Waals surface area contributed by atoms with Crippen molar-refractivity contribution in [3.8, 4) is 11.5 Å². The Kier molecular flexibility index (Phi) is 4.74. The van der Waals surface area contributed by atoms with Crippen LogP contribution in [0.15, 0.2) is 51.8 Å². The molecule has 0 amide bonds. The molecule has 0 saturated heterocycles. The van der Waals surface area contributed by atoms with Gasteiger partial charge in [-0.2, -0.15) is 0 Å². The molecule has 1 N–H and O–H groups in total. The third kappa shape index (κ3) is 3.89. The fourth-order valence-electron chi connectivity index (χ4n) is 1.71. The van der Waals surface area contributed by atoms with Gasteiger partial charge in [0.15, 0.2) is 0 Å². The van der Waals surface area contributed by atoms with Crippen LogP contribution in [0.25, 0.3) is 0 Å². The second kappa shape index (κ2) is 6.36. The van der Waals surface area contributed by atoms with Crippen molar-refractivity contribution in [2.75, 3.05) is 18.9 Å². The van der Waals surface area contributed by atoms with E-state index in [0.29, 0.717) is 21.7 Å². The molecule has 0 aromatic heterocycles. The molecule has 0 aliphatic heterocycles. The molecule has 0 heterocycles. The number of nitrogens with one attached hydrogen (secondary N) is 1. The average molecular weight is 372 g/mol. The summed E-state index contributed by atoms with van der Waals surface area (Å²) < 4.78 is 38.1. The molecule has 0 atom stereocenters. The van der Waals surface area contributed by atoms with E-state index in [9.17, 15) is 8.42 Å². The molecule has 5 nitrogen and oxygen atoms in total. The van der Waals surface area contributed by atoms with E-state index >= 15 is 0 Å². The standard InChI is InChI=1S/C14H14BrNO4S/c1-19-12-7-11(8-13(9-12)20-2)16-21(17,18)14-5-3-4-10(15)6-14/h3-9,16H,1-2H3. The van der Waals surface area contributed by atoms with E-state index in [1.165, 1.54) is 26.4 Å². The summed E-state index contributed by atoms with van der Waals surface area (Å²) in [7, 11) is -0.674. The van der Waals surface area contributed by atoms with Gasteiger partial charge in [0.2, 0.25) is 0 Å². The zero-order valence-electron chi connectivity index (χ0n) is 11.5. The van der Waals surface area contributed by atoms with Gasteiger partial charge in [-0.05, 0) is 18.2 Å². The number of rotatable bonds is 5. The van der Waals surface area contributed by atoms with Gasteiger partial charge in [0.25, 0.3) is 10.0 Å². The highest BCUT2D eigenvalue weighted by atomic mass is 79.9. The van der Waals surface area contributed by atoms with E-state index in [2.05, 4.69) is 20.7 Å². The first-order valence-corrected chi connectivity index (χ1v) is 8.23. The Balaban J connectivity index is 2.36. The Morgan fingerprint density at radius 1 is 1.00 bits per heavy atom. The summed E-state index contributed by atoms with van der Waals surface area (Å²) >= 11 is 3.25. The van der Waals surface area contributed by atoms with E-state index < -0.39 is 10.0 Å². The third-order valence-electron chi connectivity index (χ3n) is 2.71. The Bertz CT molecular complexity index is 724. The van der Waals surface area contributed by atoms with Gasteiger partial charge in [-0.3, -0.25) is 4.72 Å². The zero-order chi connectivity index (χ0) is 15.5. The SMILES string of the molecule is COc1cc(NS(=O)(=O)c2cccc(Br)c2)cc(OC)c1. The summed E-state index contributed by atoms with van der Waals surface area (Å²) in [6.07, 6.45) is 0. The summed E-state index contributed by atoms with van der Waals surface area (Å²) in [6.45, 7) is 0. The summed E-state index contributed by atoms with van der Waals surface area (Å²) in [6, 6.07) is 11.3. The summed E-state index contributed by atoms with van der Waals surface area (Å²) in [5.74, 6) is 1.00. The second-order valence-electron chi connectivity index (χ2n) is 4.16. The van der Waals surface area contributed by atoms with Crippen LogP contribution in [0.2, 0.25) is 0 Å². The van der Waals surface area contributed by atoms with Crippen molar-refractivity contribution in [2.24, 2.45) is 0 Å². The van der Waals surface area contributed by atoms with Crippen molar-refractivity contribution in [1.29, 1.82) is 0 Å². The van der Waals surface area contributed by atoms with Crippen molar-refractivity contribution in [2.45, 2.75) is 4.90 Å². The smallest absolute Gasteiger partial charge is 0.261 e. The molecular weight excluding hydrogens is 358 g/mol. The molecule has 21 heavy (non-hydrogen) atoms. The first-order valence-electron chi connectivity index (χ1n) is 5.96. The van der Waals surface area contributed by atoms with Crippen LogP contribution >= 0.6 is 15.9 Å². The molecule has 7 heteroatoms. The van der Waals surface area contributed by atoms with Gasteiger partial charge < -0.3 is 9.47 Å². The molecule has 2 rings (SSSR count). The van der Waals surface area contributed by atoms with Crippen LogP contribution in [0.5, 0.6) is 11.5 Å². The predicted octanol–water partition coefficient (Wildman–Crippen LogP) is 3.27. The third-order valence-corrected chi connectivity index (χ3v) is 4.58. The number of ether oxygens (including phenoxy) is 2. The van der Waals surface area contributed by atoms with Crippen molar-refractivity contribution >= 4 is 31.6 Å². The van der Waals surface area contributed by atoms with E-state index in [4.69, 9.17) is 9.47 Å². The summed E-state index contributed by atoms with van der Waals surface area (Å²) in [5.41, 5.74) is 0.367. The zero-order valence-corrected chi connectivity index (χ0v) is 13.9. The van der Waals surface area contributed by atoms with Gasteiger partial charge in [0.1, 0.15) is 11.5 Å². The summed E-state index contributed by atoms with van der Waals surface area (Å²) in [4.78, 5) is 0.165. The maximum Gasteiger partial charge on any atom is 0.261 e. The second-order valence-corrected chi connectivity index (χ2v) is 6.76. The van der Waals surface area contributed by atoms with Crippen molar-refractivity contribution in [3.63, 3.8) is 0 Å². The van der Waals surface area contributed by atoms with Crippen LogP contribution in [0.1, 0.15) is 0 Å². The van der Waals surface area contributed by atoms with Crippen LogP contribution in [0, 0.1) is 0 Å². The molecule has 0 unspecified atom stereocenters. The Morgan fingerprint density at radius 2 is 1.62 bits per heavy atom. The lowest BCUT2D eigenvalue weighted by molar-refractivity contribution is 0.395. The quantitative estimate of drug-likeness (QED) is 0.875. The van der Waals surface area contributed by atoms with Crippen LogP contribution < -0.4 is 14.2 Å². The van der Waals surface area contributed by atoms with Gasteiger partial charge in [0.05, 0.1) is 24.8 Å². The van der Waals surface area contributed by atoms with Crippen molar-refractivity contribution < 1.29 is 17.9 Å². The molecule has 0 aliphatic carbocycles. The van der Waals surface area contributed by atoms with E-state index in [1.807, 2.05) is 0 Å². The normalized spacial score (nSPS) is 11.0. The summed E-state index contributed by atoms with van der Waals surface area (Å²) in [5, 5.41) is 0. The molecule has 0 spiro atoms. The van der Waals surface area contributed by atoms with Gasteiger partial charge in [-0.1, -0.05) is 22.0 Å². The number of hydrogen-bond acceptors (Lipinski definition) is 4. The van der Waals surface area contributed by atoms with Gasteiger partial charge in [0, 0.05) is 22.7 Å². The highest BCUT2D eigenvalue weighted by Gasteiger charge is 2.15. The minimum absolute atomic E-state index is 0.165. The molecule has 112 valence electrons. The van der Waals surface area contributed by atoms with Crippen LogP contribution in [0.4, 0.5) is 5.69 Å². The number of benzene rings is 2. The highest BCUT2D eigenvalue weighted by Crippen LogP contribution is 2.27. The minimum Gasteiger partial charge on any atom is -0.497 e. The van der Waals surface area contributed by atoms with E-state index in [-0.39, 0.29) is 4.90 Å². The van der Waals surface area contributed by atoms with Gasteiger partial charge >= 0.3 is 0 Å². The molecule has 0 fully saturated rings. The molecule has 0 saturated carbocycles. The van der Waals surface area contributed by atoms with E-state index in [0.717, 1.165) is 0 Å². The molecule has 0 radical (unpaired) electrons. The van der Waals surface area contributed by atoms with E-state index in [1.54, 1.807) is 30.3 Å². The Morgan fingerprint density at radius 3 is 2.14 bits per heavy atom. The topological polar surface area (TPSA) is 64.6 Å². The Hall–Kier alpha value is -1.73. The monoisotopic (exact) mass is 371 g/mol. The lowest BCUT2D eigenvalue weighted by Crippen LogP contribution is -2.13. The first-order chi connectivity index (χ1) is 9.94. The largest absolute Gasteiger partial charge is 0.497 e. The predicted molar refractivity (Wildman–Crippen MR) is 84.5 cm³/mol. The minimum atomic E-state index is -3.68. The maximum absolute atomic E-state index is 12.3. The molecule has 2 aromatic carbocycles. The fourth-order valence-corrected chi connectivity index (χ4v) is 3.35. The number of halogens is 1. The number of methoxy groups -OCH3 is 2. The maximum atomic E-state index is 12.3. The number of anilines is 1. The molecule has 0 aliphatic rings. The lowest BCUT2D eigenvalue weighted by atomic mass is 10.3. The molecular formula is C14H14BrNO4S. The molecule has 0 bridgehead atoms. The Labute approximate surface area is 132 Å². The van der Waals surface area contributed by atoms with Crippen molar-refractivity contribution in [3.05, 3.63) is 46.9 Å². The lowest BCUT2D eigenvalue weighted by Gasteiger charge is -2.11. The van der Waals surface area contributed by atoms with Crippen LogP contribution in [-0.2, 0) is 10.0 Å². The van der Waals surface area contributed by atoms with Crippen LogP contribution in [-0.4, -0.2) is 22.6 Å². The molecule has 2 aromatic rings. The first kappa shape index (κ1) is 15.7. The average Bonchev–Trinajstić information content (AvgIpc) is 2.46.